The van der Waals surface area contributed by atoms with Gasteiger partial charge in [0.2, 0.25) is 0 Å². The third-order valence-electron chi connectivity index (χ3n) is 5.09. The molecule has 2 aromatic rings. The number of H-pyrrole nitrogens is 1. The van der Waals surface area contributed by atoms with E-state index in [1.165, 1.54) is 12.0 Å². The molecule has 0 saturated heterocycles. The number of aromatic nitrogens is 2. The molecule has 24 heavy (non-hydrogen) atoms. The summed E-state index contributed by atoms with van der Waals surface area (Å²) in [6, 6.07) is 8.17. The minimum Gasteiger partial charge on any atom is -0.493 e. The van der Waals surface area contributed by atoms with E-state index < -0.39 is 0 Å². The van der Waals surface area contributed by atoms with E-state index in [1.807, 2.05) is 18.2 Å². The van der Waals surface area contributed by atoms with Crippen LogP contribution in [-0.4, -0.2) is 29.3 Å². The van der Waals surface area contributed by atoms with Crippen molar-refractivity contribution in [3.8, 4) is 5.75 Å². The first-order valence-corrected chi connectivity index (χ1v) is 8.86. The van der Waals surface area contributed by atoms with Gasteiger partial charge in [-0.3, -0.25) is 9.89 Å². The zero-order valence-corrected chi connectivity index (χ0v) is 13.8. The lowest BCUT2D eigenvalue weighted by atomic mass is 9.95. The van der Waals surface area contributed by atoms with Gasteiger partial charge in [0.25, 0.3) is 5.91 Å². The Kier molecular flexibility index (Phi) is 4.24. The molecule has 2 heterocycles. The molecule has 1 aliphatic carbocycles. The number of nitrogens with one attached hydrogen (secondary N) is 2. The summed E-state index contributed by atoms with van der Waals surface area (Å²) in [5, 5.41) is 10.4. The molecule has 1 aliphatic heterocycles. The molecule has 2 aliphatic rings. The maximum atomic E-state index is 12.5. The Morgan fingerprint density at radius 3 is 3.12 bits per heavy atom. The van der Waals surface area contributed by atoms with Crippen LogP contribution in [0.3, 0.4) is 0 Å². The van der Waals surface area contributed by atoms with Gasteiger partial charge >= 0.3 is 0 Å². The second kappa shape index (κ2) is 6.67. The number of para-hydroxylation sites is 1. The van der Waals surface area contributed by atoms with Crippen molar-refractivity contribution in [2.45, 2.75) is 38.5 Å². The number of hydrogen-bond acceptors (Lipinski definition) is 3. The Labute approximate surface area is 141 Å². The first-order chi connectivity index (χ1) is 11.8. The number of ether oxygens (including phenoxy) is 1. The third-order valence-corrected chi connectivity index (χ3v) is 5.09. The molecule has 4 rings (SSSR count). The number of carbonyl (C=O) groups is 1. The summed E-state index contributed by atoms with van der Waals surface area (Å²) in [5.74, 6) is 1.33. The number of aromatic amines is 1. The maximum absolute atomic E-state index is 12.5. The van der Waals surface area contributed by atoms with Crippen LogP contribution in [-0.2, 0) is 19.3 Å². The second-order valence-corrected chi connectivity index (χ2v) is 6.76. The fourth-order valence-corrected chi connectivity index (χ4v) is 3.73. The normalized spacial score (nSPS) is 19.6. The molecule has 0 fully saturated rings. The largest absolute Gasteiger partial charge is 0.493 e. The summed E-state index contributed by atoms with van der Waals surface area (Å²) in [5.41, 5.74) is 4.08. The predicted octanol–water partition coefficient (Wildman–Crippen LogP) is 2.66. The fourth-order valence-electron chi connectivity index (χ4n) is 3.73. The smallest absolute Gasteiger partial charge is 0.272 e. The van der Waals surface area contributed by atoms with E-state index in [-0.39, 0.29) is 5.91 Å². The van der Waals surface area contributed by atoms with Gasteiger partial charge in [0.05, 0.1) is 6.61 Å². The lowest BCUT2D eigenvalue weighted by Gasteiger charge is -2.15. The molecular formula is C19H23N3O2. The van der Waals surface area contributed by atoms with Crippen LogP contribution in [0.1, 0.15) is 46.6 Å². The number of fused-ring (bicyclic) bond motifs is 2. The molecule has 5 heteroatoms. The molecule has 1 aromatic heterocycles. The van der Waals surface area contributed by atoms with Crippen LogP contribution in [0.25, 0.3) is 0 Å². The minimum atomic E-state index is -0.0483. The minimum absolute atomic E-state index is 0.0483. The summed E-state index contributed by atoms with van der Waals surface area (Å²) in [6.45, 7) is 1.37. The lowest BCUT2D eigenvalue weighted by molar-refractivity contribution is 0.0939. The molecule has 126 valence electrons. The van der Waals surface area contributed by atoms with Gasteiger partial charge in [0.1, 0.15) is 5.75 Å². The molecule has 1 atom stereocenters. The third kappa shape index (κ3) is 3.03. The van der Waals surface area contributed by atoms with Crippen LogP contribution < -0.4 is 10.1 Å². The first-order valence-electron chi connectivity index (χ1n) is 8.86. The summed E-state index contributed by atoms with van der Waals surface area (Å²) < 4.78 is 5.80. The molecule has 1 amide bonds. The standard InChI is InChI=1S/C19H23N3O2/c23-19(18-15-6-2-3-7-16(15)21-22-18)20-12-13-9-10-24-17-8-4-1-5-14(17)11-13/h1,4-5,8,13H,2-3,6-7,9-12H2,(H,20,23)(H,21,22)/t13-/m1/s1. The zero-order chi connectivity index (χ0) is 16.4. The van der Waals surface area contributed by atoms with Crippen molar-refractivity contribution in [3.63, 3.8) is 0 Å². The number of benzene rings is 1. The van der Waals surface area contributed by atoms with Crippen molar-refractivity contribution in [2.24, 2.45) is 5.92 Å². The lowest BCUT2D eigenvalue weighted by Crippen LogP contribution is -2.31. The number of carbonyl (C=O) groups excluding carboxylic acids is 1. The van der Waals surface area contributed by atoms with Gasteiger partial charge in [-0.15, -0.1) is 0 Å². The van der Waals surface area contributed by atoms with E-state index in [4.69, 9.17) is 4.74 Å². The highest BCUT2D eigenvalue weighted by molar-refractivity contribution is 5.94. The van der Waals surface area contributed by atoms with Gasteiger partial charge in [-0.2, -0.15) is 5.10 Å². The van der Waals surface area contributed by atoms with E-state index in [1.54, 1.807) is 0 Å². The van der Waals surface area contributed by atoms with Gasteiger partial charge in [-0.1, -0.05) is 18.2 Å². The van der Waals surface area contributed by atoms with E-state index in [2.05, 4.69) is 21.6 Å². The van der Waals surface area contributed by atoms with Crippen molar-refractivity contribution in [2.75, 3.05) is 13.2 Å². The molecule has 2 N–H and O–H groups in total. The van der Waals surface area contributed by atoms with E-state index in [0.717, 1.165) is 49.1 Å². The Balaban J connectivity index is 1.40. The molecule has 1 aromatic carbocycles. The number of rotatable bonds is 3. The van der Waals surface area contributed by atoms with Crippen molar-refractivity contribution in [1.29, 1.82) is 0 Å². The van der Waals surface area contributed by atoms with Gasteiger partial charge < -0.3 is 10.1 Å². The average Bonchev–Trinajstić information content (AvgIpc) is 2.93. The number of aryl methyl sites for hydroxylation is 1. The number of nitrogens with zero attached hydrogens (tertiary/aromatic N) is 1. The molecule has 0 bridgehead atoms. The van der Waals surface area contributed by atoms with Gasteiger partial charge in [-0.05, 0) is 56.1 Å². The van der Waals surface area contributed by atoms with E-state index in [9.17, 15) is 4.79 Å². The monoisotopic (exact) mass is 325 g/mol. The highest BCUT2D eigenvalue weighted by atomic mass is 16.5. The van der Waals surface area contributed by atoms with E-state index >= 15 is 0 Å². The highest BCUT2D eigenvalue weighted by Crippen LogP contribution is 2.26. The molecule has 0 unspecified atom stereocenters. The number of amides is 1. The Morgan fingerprint density at radius 1 is 1.29 bits per heavy atom. The molecule has 0 saturated carbocycles. The average molecular weight is 325 g/mol. The SMILES string of the molecule is O=C(NC[C@@H]1CCOc2ccccc2C1)c1n[nH]c2c1CCCC2. The van der Waals surface area contributed by atoms with Gasteiger partial charge in [-0.25, -0.2) is 0 Å². The topological polar surface area (TPSA) is 67.0 Å². The van der Waals surface area contributed by atoms with Crippen LogP contribution in [0, 0.1) is 5.92 Å². The zero-order valence-electron chi connectivity index (χ0n) is 13.8. The van der Waals surface area contributed by atoms with Crippen LogP contribution in [0.5, 0.6) is 5.75 Å². The Hall–Kier alpha value is -2.30. The molecule has 5 nitrogen and oxygen atoms in total. The highest BCUT2D eigenvalue weighted by Gasteiger charge is 2.23. The van der Waals surface area contributed by atoms with Crippen molar-refractivity contribution in [1.82, 2.24) is 15.5 Å². The first kappa shape index (κ1) is 15.2. The summed E-state index contributed by atoms with van der Waals surface area (Å²) in [7, 11) is 0. The van der Waals surface area contributed by atoms with Gasteiger partial charge in [0.15, 0.2) is 5.69 Å². The summed E-state index contributed by atoms with van der Waals surface area (Å²) in [6.07, 6.45) is 6.18. The van der Waals surface area contributed by atoms with Crippen LogP contribution in [0.15, 0.2) is 24.3 Å². The van der Waals surface area contributed by atoms with E-state index in [0.29, 0.717) is 24.8 Å². The van der Waals surface area contributed by atoms with Crippen molar-refractivity contribution >= 4 is 5.91 Å². The quantitative estimate of drug-likeness (QED) is 0.912. The van der Waals surface area contributed by atoms with Crippen LogP contribution in [0.4, 0.5) is 0 Å². The number of hydrogen-bond donors (Lipinski definition) is 2. The fraction of sp³-hybridized carbons (Fsp3) is 0.474. The van der Waals surface area contributed by atoms with Crippen LogP contribution >= 0.6 is 0 Å². The van der Waals surface area contributed by atoms with Crippen molar-refractivity contribution < 1.29 is 9.53 Å². The van der Waals surface area contributed by atoms with Crippen LogP contribution in [0.2, 0.25) is 0 Å². The van der Waals surface area contributed by atoms with Gasteiger partial charge in [0, 0.05) is 17.8 Å². The van der Waals surface area contributed by atoms with Crippen molar-refractivity contribution in [3.05, 3.63) is 46.8 Å². The maximum Gasteiger partial charge on any atom is 0.272 e. The predicted molar refractivity (Wildman–Crippen MR) is 91.3 cm³/mol. The summed E-state index contributed by atoms with van der Waals surface area (Å²) in [4.78, 5) is 12.5. The molecule has 0 spiro atoms. The Bertz CT molecular complexity index is 738. The molecule has 0 radical (unpaired) electrons. The molecular weight excluding hydrogens is 302 g/mol. The summed E-state index contributed by atoms with van der Waals surface area (Å²) >= 11 is 0. The second-order valence-electron chi connectivity index (χ2n) is 6.76. The Morgan fingerprint density at radius 2 is 2.17 bits per heavy atom.